The number of nitrogens with one attached hydrogen (secondary N) is 1. The van der Waals surface area contributed by atoms with Gasteiger partial charge in [-0.3, -0.25) is 14.9 Å². The van der Waals surface area contributed by atoms with Gasteiger partial charge >= 0.3 is 0 Å². The first kappa shape index (κ1) is 19.9. The van der Waals surface area contributed by atoms with E-state index in [0.29, 0.717) is 33.6 Å². The molecule has 2 N–H and O–H groups in total. The Bertz CT molecular complexity index is 1330. The highest BCUT2D eigenvalue weighted by molar-refractivity contribution is 6.00. The van der Waals surface area contributed by atoms with Crippen LogP contribution in [-0.4, -0.2) is 31.1 Å². The van der Waals surface area contributed by atoms with Gasteiger partial charge in [0.25, 0.3) is 5.91 Å². The van der Waals surface area contributed by atoms with Gasteiger partial charge in [-0.1, -0.05) is 30.3 Å². The van der Waals surface area contributed by atoms with Gasteiger partial charge < -0.3 is 10.0 Å². The third-order valence-electron chi connectivity index (χ3n) is 5.84. The number of hydrogen-bond donors (Lipinski definition) is 2. The average molecular weight is 428 g/mol. The normalized spacial score (nSPS) is 15.3. The molecule has 0 radical (unpaired) electrons. The lowest BCUT2D eigenvalue weighted by Crippen LogP contribution is -2.29. The Morgan fingerprint density at radius 2 is 1.97 bits per heavy atom. The van der Waals surface area contributed by atoms with Gasteiger partial charge in [-0.25, -0.2) is 4.39 Å². The predicted octanol–water partition coefficient (Wildman–Crippen LogP) is 4.68. The van der Waals surface area contributed by atoms with Crippen LogP contribution in [0.5, 0.6) is 5.75 Å². The number of carbonyl (C=O) groups excluding carboxylic acids is 1. The number of fused-ring (bicyclic) bond motifs is 1. The molecule has 160 valence electrons. The Hall–Kier alpha value is -4.00. The maximum Gasteiger partial charge on any atom is 0.273 e. The molecule has 1 atom stereocenters. The minimum absolute atomic E-state index is 0.0929. The van der Waals surface area contributed by atoms with Crippen LogP contribution in [0.25, 0.3) is 11.3 Å². The lowest BCUT2D eigenvalue weighted by molar-refractivity contribution is 0.0728. The molecule has 3 heterocycles. The quantitative estimate of drug-likeness (QED) is 0.495. The Kier molecular flexibility index (Phi) is 4.74. The minimum Gasteiger partial charge on any atom is -0.507 e. The van der Waals surface area contributed by atoms with Gasteiger partial charge in [0.05, 0.1) is 6.04 Å². The Morgan fingerprint density at radius 3 is 2.72 bits per heavy atom. The first-order valence-corrected chi connectivity index (χ1v) is 10.3. The van der Waals surface area contributed by atoms with Crippen LogP contribution in [0, 0.1) is 19.7 Å². The van der Waals surface area contributed by atoms with E-state index < -0.39 is 11.9 Å². The molecule has 0 bridgehead atoms. The molecule has 0 saturated heterocycles. The largest absolute Gasteiger partial charge is 0.507 e. The maximum atomic E-state index is 15.0. The smallest absolute Gasteiger partial charge is 0.273 e. The van der Waals surface area contributed by atoms with Crippen LogP contribution < -0.4 is 0 Å². The number of halogens is 1. The van der Waals surface area contributed by atoms with Crippen LogP contribution in [0.3, 0.4) is 0 Å². The highest BCUT2D eigenvalue weighted by atomic mass is 19.1. The summed E-state index contributed by atoms with van der Waals surface area (Å²) in [6.45, 7) is 4.00. The van der Waals surface area contributed by atoms with Crippen LogP contribution in [0.2, 0.25) is 0 Å². The average Bonchev–Trinajstić information content (AvgIpc) is 3.32. The van der Waals surface area contributed by atoms with Crippen LogP contribution in [0.1, 0.15) is 44.3 Å². The number of amides is 1. The number of aryl methyl sites for hydroxylation is 2. The van der Waals surface area contributed by atoms with Crippen molar-refractivity contribution in [2.75, 3.05) is 0 Å². The van der Waals surface area contributed by atoms with E-state index in [2.05, 4.69) is 15.2 Å². The van der Waals surface area contributed by atoms with E-state index in [1.807, 2.05) is 32.0 Å². The molecule has 1 unspecified atom stereocenters. The highest BCUT2D eigenvalue weighted by Crippen LogP contribution is 2.46. The zero-order valence-corrected chi connectivity index (χ0v) is 17.6. The molecule has 0 spiro atoms. The van der Waals surface area contributed by atoms with Crippen LogP contribution in [0.15, 0.2) is 60.9 Å². The number of H-pyrrole nitrogens is 1. The number of pyridine rings is 1. The van der Waals surface area contributed by atoms with Crippen molar-refractivity contribution >= 4 is 5.91 Å². The minimum atomic E-state index is -0.701. The van der Waals surface area contributed by atoms with Gasteiger partial charge in [-0.2, -0.15) is 5.10 Å². The number of benzene rings is 2. The van der Waals surface area contributed by atoms with E-state index >= 15 is 0 Å². The lowest BCUT2D eigenvalue weighted by atomic mass is 9.93. The van der Waals surface area contributed by atoms with E-state index in [4.69, 9.17) is 0 Å². The second-order valence-electron chi connectivity index (χ2n) is 8.06. The van der Waals surface area contributed by atoms with Gasteiger partial charge in [0.1, 0.15) is 23.0 Å². The second-order valence-corrected chi connectivity index (χ2v) is 8.06. The fourth-order valence-corrected chi connectivity index (χ4v) is 4.41. The SMILES string of the molecule is Cc1cc(C)c(O)c(-c2n[nH]c3c2C(c2ccccc2F)N(Cc2cccnc2)C3=O)c1. The molecule has 2 aromatic heterocycles. The van der Waals surface area contributed by atoms with Gasteiger partial charge in [0.2, 0.25) is 0 Å². The Labute approximate surface area is 184 Å². The molecule has 6 nitrogen and oxygen atoms in total. The first-order valence-electron chi connectivity index (χ1n) is 10.3. The summed E-state index contributed by atoms with van der Waals surface area (Å²) in [4.78, 5) is 19.2. The monoisotopic (exact) mass is 428 g/mol. The molecule has 1 aliphatic heterocycles. The molecular weight excluding hydrogens is 407 g/mol. The molecule has 2 aromatic carbocycles. The van der Waals surface area contributed by atoms with Crippen LogP contribution >= 0.6 is 0 Å². The number of aromatic hydroxyl groups is 1. The summed E-state index contributed by atoms with van der Waals surface area (Å²) in [5.74, 6) is -0.596. The zero-order valence-electron chi connectivity index (χ0n) is 17.6. The molecule has 1 amide bonds. The van der Waals surface area contributed by atoms with Crippen molar-refractivity contribution in [1.82, 2.24) is 20.1 Å². The predicted molar refractivity (Wildman–Crippen MR) is 118 cm³/mol. The van der Waals surface area contributed by atoms with Gasteiger partial charge in [0, 0.05) is 35.6 Å². The molecule has 0 fully saturated rings. The summed E-state index contributed by atoms with van der Waals surface area (Å²) in [5.41, 5.74) is 4.67. The lowest BCUT2D eigenvalue weighted by Gasteiger charge is -2.26. The van der Waals surface area contributed by atoms with Crippen LogP contribution in [-0.2, 0) is 6.54 Å². The van der Waals surface area contributed by atoms with Crippen molar-refractivity contribution < 1.29 is 14.3 Å². The van der Waals surface area contributed by atoms with Crippen molar-refractivity contribution in [1.29, 1.82) is 0 Å². The van der Waals surface area contributed by atoms with E-state index in [0.717, 1.165) is 11.1 Å². The van der Waals surface area contributed by atoms with Crippen molar-refractivity contribution in [3.05, 3.63) is 100 Å². The Balaban J connectivity index is 1.72. The third kappa shape index (κ3) is 3.13. The number of rotatable bonds is 4. The molecule has 7 heteroatoms. The van der Waals surface area contributed by atoms with E-state index in [1.54, 1.807) is 41.6 Å². The van der Waals surface area contributed by atoms with Gasteiger partial charge in [0.15, 0.2) is 0 Å². The summed E-state index contributed by atoms with van der Waals surface area (Å²) < 4.78 is 15.0. The third-order valence-corrected chi connectivity index (χ3v) is 5.84. The molecule has 0 aliphatic carbocycles. The standard InChI is InChI=1S/C25H21FN4O2/c1-14-10-15(2)24(31)18(11-14)21-20-22(29-28-21)25(32)30(13-16-6-5-9-27-12-16)23(20)17-7-3-4-8-19(17)26/h3-12,23,31H,13H2,1-2H3,(H,28,29). The number of phenolic OH excluding ortho intramolecular Hbond substituents is 1. The second kappa shape index (κ2) is 7.60. The van der Waals surface area contributed by atoms with Crippen molar-refractivity contribution in [3.8, 4) is 17.0 Å². The number of carbonyl (C=O) groups is 1. The van der Waals surface area contributed by atoms with Crippen molar-refractivity contribution in [2.45, 2.75) is 26.4 Å². The summed E-state index contributed by atoms with van der Waals surface area (Å²) in [5, 5.41) is 18.0. The summed E-state index contributed by atoms with van der Waals surface area (Å²) in [6, 6.07) is 13.1. The molecule has 32 heavy (non-hydrogen) atoms. The molecular formula is C25H21FN4O2. The molecule has 0 saturated carbocycles. The first-order chi connectivity index (χ1) is 15.5. The number of hydrogen-bond acceptors (Lipinski definition) is 4. The highest BCUT2D eigenvalue weighted by Gasteiger charge is 2.43. The number of nitrogens with zero attached hydrogens (tertiary/aromatic N) is 3. The summed E-state index contributed by atoms with van der Waals surface area (Å²) in [6.07, 6.45) is 3.35. The fraction of sp³-hybridized carbons (Fsp3) is 0.160. The number of aromatic amines is 1. The summed E-state index contributed by atoms with van der Waals surface area (Å²) in [7, 11) is 0. The topological polar surface area (TPSA) is 82.1 Å². The number of aromatic nitrogens is 3. The maximum absolute atomic E-state index is 15.0. The van der Waals surface area contributed by atoms with Crippen LogP contribution in [0.4, 0.5) is 4.39 Å². The zero-order chi connectivity index (χ0) is 22.4. The summed E-state index contributed by atoms with van der Waals surface area (Å²) >= 11 is 0. The van der Waals surface area contributed by atoms with Gasteiger partial charge in [-0.15, -0.1) is 0 Å². The van der Waals surface area contributed by atoms with E-state index in [9.17, 15) is 14.3 Å². The van der Waals surface area contributed by atoms with E-state index in [1.165, 1.54) is 6.07 Å². The van der Waals surface area contributed by atoms with E-state index in [-0.39, 0.29) is 18.2 Å². The van der Waals surface area contributed by atoms with Gasteiger partial charge in [-0.05, 0) is 48.7 Å². The van der Waals surface area contributed by atoms with Crippen molar-refractivity contribution in [3.63, 3.8) is 0 Å². The molecule has 5 rings (SSSR count). The fourth-order valence-electron chi connectivity index (χ4n) is 4.41. The number of phenols is 1. The molecule has 4 aromatic rings. The van der Waals surface area contributed by atoms with Crippen molar-refractivity contribution in [2.24, 2.45) is 0 Å². The Morgan fingerprint density at radius 1 is 1.16 bits per heavy atom. The molecule has 1 aliphatic rings.